The smallest absolute Gasteiger partial charge is 0.245 e. The van der Waals surface area contributed by atoms with E-state index in [2.05, 4.69) is 18.5 Å². The van der Waals surface area contributed by atoms with Gasteiger partial charge in [0, 0.05) is 6.54 Å². The van der Waals surface area contributed by atoms with Crippen LogP contribution in [0.3, 0.4) is 0 Å². The van der Waals surface area contributed by atoms with Crippen LogP contribution in [0.15, 0.2) is 0 Å². The second-order valence-electron chi connectivity index (χ2n) is 5.03. The van der Waals surface area contributed by atoms with Crippen molar-refractivity contribution in [2.75, 3.05) is 18.6 Å². The van der Waals surface area contributed by atoms with Gasteiger partial charge in [0.15, 0.2) is 0 Å². The van der Waals surface area contributed by atoms with Crippen LogP contribution in [0.25, 0.3) is 0 Å². The Labute approximate surface area is 120 Å². The molecule has 4 nitrogen and oxygen atoms in total. The van der Waals surface area contributed by atoms with E-state index in [1.807, 2.05) is 11.8 Å². The largest absolute Gasteiger partial charge is 0.343 e. The molecule has 0 aliphatic carbocycles. The van der Waals surface area contributed by atoms with Gasteiger partial charge >= 0.3 is 0 Å². The van der Waals surface area contributed by atoms with E-state index in [9.17, 15) is 9.59 Å². The van der Waals surface area contributed by atoms with E-state index in [0.29, 0.717) is 6.54 Å². The van der Waals surface area contributed by atoms with Gasteiger partial charge in [-0.2, -0.15) is 11.8 Å². The van der Waals surface area contributed by atoms with Gasteiger partial charge in [-0.25, -0.2) is 0 Å². The molecule has 0 bridgehead atoms. The molecule has 110 valence electrons. The molecule has 1 heterocycles. The van der Waals surface area contributed by atoms with Crippen LogP contribution >= 0.6 is 11.8 Å². The molecule has 2 atom stereocenters. The third-order valence-electron chi connectivity index (χ3n) is 3.46. The van der Waals surface area contributed by atoms with Crippen molar-refractivity contribution < 1.29 is 9.59 Å². The second-order valence-corrected chi connectivity index (χ2v) is 6.02. The summed E-state index contributed by atoms with van der Waals surface area (Å²) in [5, 5.41) is 2.89. The summed E-state index contributed by atoms with van der Waals surface area (Å²) in [6, 6.07) is -0.563. The third kappa shape index (κ3) is 4.41. The molecule has 19 heavy (non-hydrogen) atoms. The van der Waals surface area contributed by atoms with E-state index in [4.69, 9.17) is 0 Å². The zero-order valence-corrected chi connectivity index (χ0v) is 13.1. The first-order chi connectivity index (χ1) is 9.15. The van der Waals surface area contributed by atoms with Crippen molar-refractivity contribution in [3.8, 4) is 0 Å². The number of amides is 2. The summed E-state index contributed by atoms with van der Waals surface area (Å²) in [6.45, 7) is 4.80. The van der Waals surface area contributed by atoms with E-state index in [-0.39, 0.29) is 23.9 Å². The number of hydrogen-bond donors (Lipinski definition) is 1. The predicted octanol–water partition coefficient (Wildman–Crippen LogP) is 2.04. The minimum atomic E-state index is -0.306. The predicted molar refractivity (Wildman–Crippen MR) is 80.2 cm³/mol. The maximum Gasteiger partial charge on any atom is 0.245 e. The fourth-order valence-electron chi connectivity index (χ4n) is 2.51. The fourth-order valence-corrected chi connectivity index (χ4v) is 2.93. The van der Waals surface area contributed by atoms with E-state index in [0.717, 1.165) is 37.9 Å². The van der Waals surface area contributed by atoms with Crippen LogP contribution in [-0.2, 0) is 9.59 Å². The standard InChI is InChI=1S/C14H26N2O2S/c1-4-7-11-14(18)16(9-6-10-19-3)12(8-5-2)13(17)15-11/h11-12H,4-10H2,1-3H3,(H,15,17). The summed E-state index contributed by atoms with van der Waals surface area (Å²) >= 11 is 1.78. The van der Waals surface area contributed by atoms with E-state index in [1.54, 1.807) is 11.8 Å². The molecular weight excluding hydrogens is 260 g/mol. The Morgan fingerprint density at radius 3 is 2.47 bits per heavy atom. The molecule has 0 aromatic heterocycles. The highest BCUT2D eigenvalue weighted by Crippen LogP contribution is 2.18. The van der Waals surface area contributed by atoms with E-state index < -0.39 is 0 Å². The topological polar surface area (TPSA) is 49.4 Å². The van der Waals surface area contributed by atoms with Crippen molar-refractivity contribution in [1.82, 2.24) is 10.2 Å². The number of nitrogens with one attached hydrogen (secondary N) is 1. The third-order valence-corrected chi connectivity index (χ3v) is 4.16. The average Bonchev–Trinajstić information content (AvgIpc) is 2.39. The molecule has 2 unspecified atom stereocenters. The van der Waals surface area contributed by atoms with Crippen LogP contribution in [0.4, 0.5) is 0 Å². The number of piperazine rings is 1. The van der Waals surface area contributed by atoms with Crippen molar-refractivity contribution in [3.05, 3.63) is 0 Å². The molecule has 5 heteroatoms. The highest BCUT2D eigenvalue weighted by atomic mass is 32.2. The average molecular weight is 286 g/mol. The number of rotatable bonds is 8. The summed E-state index contributed by atoms with van der Waals surface area (Å²) in [6.07, 6.45) is 6.35. The van der Waals surface area contributed by atoms with Gasteiger partial charge in [0.05, 0.1) is 0 Å². The Kier molecular flexibility index (Phi) is 7.28. The minimum Gasteiger partial charge on any atom is -0.343 e. The van der Waals surface area contributed by atoms with Crippen molar-refractivity contribution in [1.29, 1.82) is 0 Å². The highest BCUT2D eigenvalue weighted by Gasteiger charge is 2.38. The van der Waals surface area contributed by atoms with Crippen molar-refractivity contribution >= 4 is 23.6 Å². The van der Waals surface area contributed by atoms with Gasteiger partial charge in [0.1, 0.15) is 12.1 Å². The molecule has 1 fully saturated rings. The highest BCUT2D eigenvalue weighted by molar-refractivity contribution is 7.98. The first-order valence-electron chi connectivity index (χ1n) is 7.25. The lowest BCUT2D eigenvalue weighted by atomic mass is 10.0. The zero-order valence-electron chi connectivity index (χ0n) is 12.3. The second kappa shape index (κ2) is 8.46. The van der Waals surface area contributed by atoms with Crippen molar-refractivity contribution in [2.45, 2.75) is 58.0 Å². The van der Waals surface area contributed by atoms with Crippen molar-refractivity contribution in [2.24, 2.45) is 0 Å². The van der Waals surface area contributed by atoms with Crippen LogP contribution in [0, 0.1) is 0 Å². The molecule has 1 aliphatic heterocycles. The Bertz CT molecular complexity index is 310. The zero-order chi connectivity index (χ0) is 14.3. The van der Waals surface area contributed by atoms with Crippen LogP contribution in [0.1, 0.15) is 46.0 Å². The lowest BCUT2D eigenvalue weighted by Crippen LogP contribution is -2.63. The lowest BCUT2D eigenvalue weighted by Gasteiger charge is -2.39. The van der Waals surface area contributed by atoms with Crippen LogP contribution in [0.2, 0.25) is 0 Å². The van der Waals surface area contributed by atoms with Gasteiger partial charge in [-0.1, -0.05) is 26.7 Å². The molecule has 1 aliphatic rings. The van der Waals surface area contributed by atoms with Gasteiger partial charge in [0.25, 0.3) is 0 Å². The normalized spacial score (nSPS) is 23.6. The van der Waals surface area contributed by atoms with Gasteiger partial charge in [-0.3, -0.25) is 9.59 Å². The quantitative estimate of drug-likeness (QED) is 0.695. The summed E-state index contributed by atoms with van der Waals surface area (Å²) in [5.41, 5.74) is 0. The summed E-state index contributed by atoms with van der Waals surface area (Å²) in [4.78, 5) is 26.4. The first-order valence-corrected chi connectivity index (χ1v) is 8.64. The SMILES string of the molecule is CCCC1NC(=O)C(CCC)N(CCCSC)C1=O. The molecule has 0 radical (unpaired) electrons. The number of carbonyl (C=O) groups is 2. The number of nitrogens with zero attached hydrogens (tertiary/aromatic N) is 1. The molecule has 1 N–H and O–H groups in total. The lowest BCUT2D eigenvalue weighted by molar-refractivity contribution is -0.149. The minimum absolute atomic E-state index is 0.0315. The maximum atomic E-state index is 12.4. The molecule has 0 aromatic rings. The van der Waals surface area contributed by atoms with Gasteiger partial charge < -0.3 is 10.2 Å². The van der Waals surface area contributed by atoms with E-state index >= 15 is 0 Å². The molecule has 0 saturated carbocycles. The van der Waals surface area contributed by atoms with Gasteiger partial charge in [-0.15, -0.1) is 0 Å². The van der Waals surface area contributed by atoms with Crippen molar-refractivity contribution in [3.63, 3.8) is 0 Å². The van der Waals surface area contributed by atoms with Gasteiger partial charge in [0.2, 0.25) is 11.8 Å². The Hall–Kier alpha value is -0.710. The Morgan fingerprint density at radius 1 is 1.21 bits per heavy atom. The molecule has 0 aromatic carbocycles. The van der Waals surface area contributed by atoms with Crippen LogP contribution in [0.5, 0.6) is 0 Å². The first kappa shape index (κ1) is 16.3. The molecule has 1 rings (SSSR count). The summed E-state index contributed by atoms with van der Waals surface area (Å²) < 4.78 is 0. The van der Waals surface area contributed by atoms with Gasteiger partial charge in [-0.05, 0) is 31.3 Å². The van der Waals surface area contributed by atoms with E-state index in [1.165, 1.54) is 0 Å². The Morgan fingerprint density at radius 2 is 1.89 bits per heavy atom. The molecule has 1 saturated heterocycles. The monoisotopic (exact) mass is 286 g/mol. The number of hydrogen-bond acceptors (Lipinski definition) is 3. The maximum absolute atomic E-state index is 12.4. The van der Waals surface area contributed by atoms with Crippen LogP contribution < -0.4 is 5.32 Å². The molecular formula is C14H26N2O2S. The summed E-state index contributed by atoms with van der Waals surface area (Å²) in [7, 11) is 0. The molecule has 2 amide bonds. The molecule has 0 spiro atoms. The number of thioether (sulfide) groups is 1. The fraction of sp³-hybridized carbons (Fsp3) is 0.857. The van der Waals surface area contributed by atoms with Crippen LogP contribution in [-0.4, -0.2) is 47.4 Å². The Balaban J connectivity index is 2.74. The summed E-state index contributed by atoms with van der Waals surface area (Å²) in [5.74, 6) is 1.17. The number of carbonyl (C=O) groups excluding carboxylic acids is 2.